The first-order valence-corrected chi connectivity index (χ1v) is 2.82. The summed E-state index contributed by atoms with van der Waals surface area (Å²) < 4.78 is 24.0. The summed E-state index contributed by atoms with van der Waals surface area (Å²) in [7, 11) is 0. The van der Waals surface area contributed by atoms with Gasteiger partial charge in [-0.25, -0.2) is 8.78 Å². The van der Waals surface area contributed by atoms with Gasteiger partial charge in [0.1, 0.15) is 0 Å². The molecular weight excluding hydrogens is 144 g/mol. The largest absolute Gasteiger partial charge is 0.480 e. The van der Waals surface area contributed by atoms with E-state index in [2.05, 4.69) is 0 Å². The van der Waals surface area contributed by atoms with E-state index in [1.807, 2.05) is 0 Å². The lowest BCUT2D eigenvalue weighted by molar-refractivity contribution is -0.154. The highest BCUT2D eigenvalue weighted by Gasteiger charge is 2.44. The van der Waals surface area contributed by atoms with Crippen molar-refractivity contribution in [2.45, 2.75) is 5.92 Å². The molecule has 1 heterocycles. The summed E-state index contributed by atoms with van der Waals surface area (Å²) in [6, 6.07) is 0. The zero-order chi connectivity index (χ0) is 7.78. The zero-order valence-electron chi connectivity index (χ0n) is 5.18. The Hall–Kier alpha value is -0.710. The van der Waals surface area contributed by atoms with Gasteiger partial charge < -0.3 is 5.11 Å². The number of rotatable bonds is 2. The van der Waals surface area contributed by atoms with Crippen molar-refractivity contribution >= 4 is 5.97 Å². The first kappa shape index (κ1) is 7.40. The number of halogens is 2. The first-order valence-electron chi connectivity index (χ1n) is 2.82. The second kappa shape index (κ2) is 2.16. The van der Waals surface area contributed by atoms with Crippen LogP contribution in [0.4, 0.5) is 8.78 Å². The van der Waals surface area contributed by atoms with E-state index in [1.165, 1.54) is 4.90 Å². The van der Waals surface area contributed by atoms with Crippen molar-refractivity contribution in [3.05, 3.63) is 0 Å². The fraction of sp³-hybridized carbons (Fsp3) is 0.800. The topological polar surface area (TPSA) is 40.5 Å². The van der Waals surface area contributed by atoms with E-state index in [0.29, 0.717) is 0 Å². The number of likely N-dealkylation sites (tertiary alicyclic amines) is 1. The summed E-state index contributed by atoms with van der Waals surface area (Å²) in [5.74, 6) is -3.72. The Morgan fingerprint density at radius 3 is 2.40 bits per heavy atom. The Labute approximate surface area is 56.2 Å². The van der Waals surface area contributed by atoms with Gasteiger partial charge in [0.2, 0.25) is 0 Å². The lowest BCUT2D eigenvalue weighted by Crippen LogP contribution is -2.57. The fourth-order valence-corrected chi connectivity index (χ4v) is 0.911. The van der Waals surface area contributed by atoms with E-state index in [-0.39, 0.29) is 6.54 Å². The Balaban J connectivity index is 2.21. The number of carbonyl (C=O) groups is 1. The van der Waals surface area contributed by atoms with Crippen LogP contribution in [-0.4, -0.2) is 41.5 Å². The number of hydrogen-bond donors (Lipinski definition) is 1. The van der Waals surface area contributed by atoms with Crippen molar-refractivity contribution in [2.24, 2.45) is 0 Å². The average Bonchev–Trinajstić information content (AvgIpc) is 1.57. The normalized spacial score (nSPS) is 23.8. The molecule has 0 aliphatic carbocycles. The third-order valence-electron chi connectivity index (χ3n) is 1.27. The van der Waals surface area contributed by atoms with Crippen LogP contribution in [0, 0.1) is 0 Å². The van der Waals surface area contributed by atoms with Crippen molar-refractivity contribution in [3.63, 3.8) is 0 Å². The minimum atomic E-state index is -2.66. The van der Waals surface area contributed by atoms with Crippen LogP contribution in [-0.2, 0) is 4.79 Å². The molecule has 0 aromatic rings. The first-order chi connectivity index (χ1) is 4.49. The molecule has 0 amide bonds. The van der Waals surface area contributed by atoms with Gasteiger partial charge in [0, 0.05) is 0 Å². The molecule has 0 saturated carbocycles. The Morgan fingerprint density at radius 1 is 1.60 bits per heavy atom. The molecule has 5 heteroatoms. The third-order valence-corrected chi connectivity index (χ3v) is 1.27. The molecule has 0 aromatic heterocycles. The predicted molar refractivity (Wildman–Crippen MR) is 29.0 cm³/mol. The quantitative estimate of drug-likeness (QED) is 0.604. The van der Waals surface area contributed by atoms with Gasteiger partial charge in [-0.3, -0.25) is 9.69 Å². The van der Waals surface area contributed by atoms with Crippen LogP contribution in [0.3, 0.4) is 0 Å². The summed E-state index contributed by atoms with van der Waals surface area (Å²) >= 11 is 0. The van der Waals surface area contributed by atoms with Gasteiger partial charge in [0.25, 0.3) is 5.92 Å². The second-order valence-corrected chi connectivity index (χ2v) is 2.39. The third kappa shape index (κ3) is 1.63. The molecule has 10 heavy (non-hydrogen) atoms. The Morgan fingerprint density at radius 2 is 2.10 bits per heavy atom. The predicted octanol–water partition coefficient (Wildman–Crippen LogP) is 0.0219. The van der Waals surface area contributed by atoms with Crippen molar-refractivity contribution in [2.75, 3.05) is 19.6 Å². The molecule has 0 spiro atoms. The molecule has 1 rings (SSSR count). The standard InChI is InChI=1S/C5H7F2NO2/c6-5(7)2-8(3-5)1-4(9)10/h1-3H2,(H,9,10). The van der Waals surface area contributed by atoms with E-state index in [1.54, 1.807) is 0 Å². The molecule has 0 aromatic carbocycles. The summed E-state index contributed by atoms with van der Waals surface area (Å²) in [5, 5.41) is 8.13. The van der Waals surface area contributed by atoms with Crippen LogP contribution < -0.4 is 0 Å². The van der Waals surface area contributed by atoms with Crippen molar-refractivity contribution in [1.82, 2.24) is 4.90 Å². The molecule has 1 aliphatic rings. The lowest BCUT2D eigenvalue weighted by Gasteiger charge is -2.37. The van der Waals surface area contributed by atoms with Gasteiger partial charge >= 0.3 is 5.97 Å². The van der Waals surface area contributed by atoms with Crippen LogP contribution in [0.5, 0.6) is 0 Å². The number of carboxylic acid groups (broad SMARTS) is 1. The molecule has 1 saturated heterocycles. The molecule has 0 atom stereocenters. The minimum absolute atomic E-state index is 0.282. The van der Waals surface area contributed by atoms with E-state index < -0.39 is 25.0 Å². The van der Waals surface area contributed by atoms with Gasteiger partial charge in [0.05, 0.1) is 19.6 Å². The van der Waals surface area contributed by atoms with Crippen LogP contribution >= 0.6 is 0 Å². The molecule has 0 bridgehead atoms. The Bertz CT molecular complexity index is 152. The van der Waals surface area contributed by atoms with Crippen LogP contribution in [0.2, 0.25) is 0 Å². The zero-order valence-corrected chi connectivity index (χ0v) is 5.18. The highest BCUT2D eigenvalue weighted by atomic mass is 19.3. The van der Waals surface area contributed by atoms with Crippen molar-refractivity contribution < 1.29 is 18.7 Å². The lowest BCUT2D eigenvalue weighted by atomic mass is 10.1. The molecule has 1 N–H and O–H groups in total. The molecule has 3 nitrogen and oxygen atoms in total. The van der Waals surface area contributed by atoms with Gasteiger partial charge in [-0.2, -0.15) is 0 Å². The van der Waals surface area contributed by atoms with E-state index in [0.717, 1.165) is 0 Å². The number of carboxylic acids is 1. The van der Waals surface area contributed by atoms with Gasteiger partial charge in [-0.15, -0.1) is 0 Å². The monoisotopic (exact) mass is 151 g/mol. The van der Waals surface area contributed by atoms with Crippen LogP contribution in [0.15, 0.2) is 0 Å². The fourth-order valence-electron chi connectivity index (χ4n) is 0.911. The summed E-state index contributed by atoms with van der Waals surface area (Å²) in [6.07, 6.45) is 0. The molecule has 1 aliphatic heterocycles. The van der Waals surface area contributed by atoms with Crippen molar-refractivity contribution in [1.29, 1.82) is 0 Å². The molecule has 58 valence electrons. The maximum Gasteiger partial charge on any atom is 0.317 e. The summed E-state index contributed by atoms with van der Waals surface area (Å²) in [6.45, 7) is -1.12. The molecule has 1 fully saturated rings. The van der Waals surface area contributed by atoms with Crippen LogP contribution in [0.25, 0.3) is 0 Å². The highest BCUT2D eigenvalue weighted by molar-refractivity contribution is 5.69. The number of nitrogens with zero attached hydrogens (tertiary/aromatic N) is 1. The second-order valence-electron chi connectivity index (χ2n) is 2.39. The SMILES string of the molecule is O=C(O)CN1CC(F)(F)C1. The smallest absolute Gasteiger partial charge is 0.317 e. The minimum Gasteiger partial charge on any atom is -0.480 e. The number of hydrogen-bond acceptors (Lipinski definition) is 2. The Kier molecular flexibility index (Phi) is 1.60. The maximum atomic E-state index is 12.0. The summed E-state index contributed by atoms with van der Waals surface area (Å²) in [4.78, 5) is 11.1. The van der Waals surface area contributed by atoms with E-state index in [4.69, 9.17) is 5.11 Å². The van der Waals surface area contributed by atoms with Gasteiger partial charge in [0.15, 0.2) is 0 Å². The average molecular weight is 151 g/mol. The highest BCUT2D eigenvalue weighted by Crippen LogP contribution is 2.25. The molecule has 0 radical (unpaired) electrons. The number of alkyl halides is 2. The maximum absolute atomic E-state index is 12.0. The van der Waals surface area contributed by atoms with Gasteiger partial charge in [-0.05, 0) is 0 Å². The van der Waals surface area contributed by atoms with E-state index in [9.17, 15) is 13.6 Å². The van der Waals surface area contributed by atoms with Crippen molar-refractivity contribution in [3.8, 4) is 0 Å². The van der Waals surface area contributed by atoms with E-state index >= 15 is 0 Å². The van der Waals surface area contributed by atoms with Crippen LogP contribution in [0.1, 0.15) is 0 Å². The summed E-state index contributed by atoms with van der Waals surface area (Å²) in [5.41, 5.74) is 0. The molecule has 0 unspecified atom stereocenters. The molecular formula is C5H7F2NO2. The number of aliphatic carboxylic acids is 1. The van der Waals surface area contributed by atoms with Gasteiger partial charge in [-0.1, -0.05) is 0 Å².